The Kier molecular flexibility index (Phi) is 3.27. The summed E-state index contributed by atoms with van der Waals surface area (Å²) >= 11 is 1.48. The van der Waals surface area contributed by atoms with Gasteiger partial charge in [-0.2, -0.15) is 9.61 Å². The van der Waals surface area contributed by atoms with Gasteiger partial charge < -0.3 is 5.32 Å². The zero-order valence-corrected chi connectivity index (χ0v) is 12.2. The van der Waals surface area contributed by atoms with E-state index in [4.69, 9.17) is 0 Å². The van der Waals surface area contributed by atoms with Gasteiger partial charge in [0.2, 0.25) is 4.96 Å². The average molecular weight is 301 g/mol. The van der Waals surface area contributed by atoms with Crippen LogP contribution in [0.3, 0.4) is 0 Å². The monoisotopic (exact) mass is 301 g/mol. The van der Waals surface area contributed by atoms with Crippen molar-refractivity contribution in [3.63, 3.8) is 0 Å². The third kappa shape index (κ3) is 2.63. The van der Waals surface area contributed by atoms with Gasteiger partial charge in [0.25, 0.3) is 0 Å². The fourth-order valence-electron chi connectivity index (χ4n) is 2.18. The molecule has 1 fully saturated rings. The van der Waals surface area contributed by atoms with Crippen LogP contribution in [-0.2, 0) is 22.8 Å². The van der Waals surface area contributed by atoms with E-state index >= 15 is 0 Å². The lowest BCUT2D eigenvalue weighted by Gasteiger charge is -2.07. The second-order valence-electron chi connectivity index (χ2n) is 4.64. The molecule has 0 radical (unpaired) electrons. The fraction of sp³-hybridized carbons (Fsp3) is 0.700. The number of sulfone groups is 1. The smallest absolute Gasteiger partial charge is 0.234 e. The molecule has 1 aliphatic rings. The van der Waals surface area contributed by atoms with E-state index in [9.17, 15) is 8.42 Å². The second-order valence-corrected chi connectivity index (χ2v) is 7.91. The first kappa shape index (κ1) is 12.9. The minimum atomic E-state index is -2.83. The van der Waals surface area contributed by atoms with Gasteiger partial charge in [0.1, 0.15) is 5.01 Å². The van der Waals surface area contributed by atoms with Crippen molar-refractivity contribution in [1.29, 1.82) is 0 Å². The topological polar surface area (TPSA) is 89.2 Å². The third-order valence-corrected chi connectivity index (χ3v) is 5.85. The largest absolute Gasteiger partial charge is 0.307 e. The van der Waals surface area contributed by atoms with Crippen molar-refractivity contribution < 1.29 is 8.42 Å². The summed E-state index contributed by atoms with van der Waals surface area (Å²) in [6, 6.07) is 0.0463. The van der Waals surface area contributed by atoms with Crippen molar-refractivity contribution in [2.75, 3.05) is 11.5 Å². The number of hydrogen-bond acceptors (Lipinski definition) is 7. The number of fused-ring (bicyclic) bond motifs is 1. The number of nitrogens with one attached hydrogen (secondary N) is 1. The second kappa shape index (κ2) is 4.80. The molecule has 0 amide bonds. The van der Waals surface area contributed by atoms with Crippen molar-refractivity contribution >= 4 is 26.1 Å². The molecule has 0 saturated carbocycles. The molecule has 3 rings (SSSR count). The van der Waals surface area contributed by atoms with Gasteiger partial charge >= 0.3 is 0 Å². The predicted octanol–water partition coefficient (Wildman–Crippen LogP) is 0.0249. The van der Waals surface area contributed by atoms with Crippen molar-refractivity contribution in [3.8, 4) is 0 Å². The van der Waals surface area contributed by atoms with E-state index in [0.717, 1.165) is 22.2 Å². The van der Waals surface area contributed by atoms with Crippen LogP contribution in [-0.4, -0.2) is 45.8 Å². The maximum Gasteiger partial charge on any atom is 0.234 e. The number of hydrogen-bond donors (Lipinski definition) is 1. The lowest BCUT2D eigenvalue weighted by atomic mass is 10.3. The third-order valence-electron chi connectivity index (χ3n) is 3.19. The molecular weight excluding hydrogens is 286 g/mol. The van der Waals surface area contributed by atoms with E-state index in [2.05, 4.69) is 20.6 Å². The summed E-state index contributed by atoms with van der Waals surface area (Å²) in [6.45, 7) is 2.59. The summed E-state index contributed by atoms with van der Waals surface area (Å²) in [5.41, 5.74) is 0. The summed E-state index contributed by atoms with van der Waals surface area (Å²) in [7, 11) is -2.83. The maximum atomic E-state index is 11.4. The van der Waals surface area contributed by atoms with Crippen LogP contribution < -0.4 is 5.32 Å². The zero-order valence-electron chi connectivity index (χ0n) is 10.5. The molecule has 0 aromatic carbocycles. The van der Waals surface area contributed by atoms with Crippen molar-refractivity contribution in [2.24, 2.45) is 0 Å². The molecule has 1 N–H and O–H groups in total. The maximum absolute atomic E-state index is 11.4. The van der Waals surface area contributed by atoms with Gasteiger partial charge in [0.05, 0.1) is 11.5 Å². The Morgan fingerprint density at radius 3 is 3.00 bits per heavy atom. The number of rotatable bonds is 4. The molecule has 19 heavy (non-hydrogen) atoms. The lowest BCUT2D eigenvalue weighted by Crippen LogP contribution is -2.29. The SMILES string of the molecule is CCc1nnc2sc(CNC3CCS(=O)(=O)C3)nn12. The van der Waals surface area contributed by atoms with Crippen LogP contribution in [0.25, 0.3) is 4.96 Å². The normalized spacial score (nSPS) is 22.3. The summed E-state index contributed by atoms with van der Waals surface area (Å²) in [6.07, 6.45) is 1.48. The van der Waals surface area contributed by atoms with Crippen LogP contribution in [0, 0.1) is 0 Å². The summed E-state index contributed by atoms with van der Waals surface area (Å²) in [5, 5.41) is 16.7. The van der Waals surface area contributed by atoms with Crippen LogP contribution in [0.4, 0.5) is 0 Å². The van der Waals surface area contributed by atoms with Crippen molar-refractivity contribution in [3.05, 3.63) is 10.8 Å². The first-order chi connectivity index (χ1) is 9.07. The van der Waals surface area contributed by atoms with Gasteiger partial charge in [0, 0.05) is 19.0 Å². The zero-order chi connectivity index (χ0) is 13.5. The van der Waals surface area contributed by atoms with E-state index < -0.39 is 9.84 Å². The quantitative estimate of drug-likeness (QED) is 0.856. The van der Waals surface area contributed by atoms with Crippen LogP contribution in [0.15, 0.2) is 0 Å². The van der Waals surface area contributed by atoms with Gasteiger partial charge in [-0.25, -0.2) is 8.42 Å². The van der Waals surface area contributed by atoms with Crippen LogP contribution >= 0.6 is 11.3 Å². The van der Waals surface area contributed by atoms with Gasteiger partial charge in [-0.05, 0) is 6.42 Å². The van der Waals surface area contributed by atoms with Gasteiger partial charge in [-0.1, -0.05) is 18.3 Å². The molecule has 7 nitrogen and oxygen atoms in total. The van der Waals surface area contributed by atoms with E-state index in [1.54, 1.807) is 4.52 Å². The Bertz CT molecular complexity index is 690. The number of aryl methyl sites for hydroxylation is 1. The highest BCUT2D eigenvalue weighted by molar-refractivity contribution is 7.91. The number of nitrogens with zero attached hydrogens (tertiary/aromatic N) is 4. The summed E-state index contributed by atoms with van der Waals surface area (Å²) in [4.78, 5) is 0.785. The average Bonchev–Trinajstić information content (AvgIpc) is 2.99. The minimum absolute atomic E-state index is 0.0463. The molecule has 0 aliphatic carbocycles. The van der Waals surface area contributed by atoms with E-state index in [0.29, 0.717) is 13.0 Å². The molecule has 0 spiro atoms. The lowest BCUT2D eigenvalue weighted by molar-refractivity contribution is 0.549. The first-order valence-electron chi connectivity index (χ1n) is 6.21. The standard InChI is InChI=1S/C10H15N5O2S2/c1-2-8-12-13-10-15(8)14-9(18-10)5-11-7-3-4-19(16,17)6-7/h7,11H,2-6H2,1H3. The minimum Gasteiger partial charge on any atom is -0.307 e. The van der Waals surface area contributed by atoms with E-state index in [1.165, 1.54) is 11.3 Å². The van der Waals surface area contributed by atoms with Crippen molar-refractivity contribution in [2.45, 2.75) is 32.4 Å². The molecule has 1 unspecified atom stereocenters. The summed E-state index contributed by atoms with van der Waals surface area (Å²) < 4.78 is 24.5. The fourth-order valence-corrected chi connectivity index (χ4v) is 4.69. The molecule has 9 heteroatoms. The highest BCUT2D eigenvalue weighted by Gasteiger charge is 2.27. The molecule has 104 valence electrons. The van der Waals surface area contributed by atoms with Crippen molar-refractivity contribution in [1.82, 2.24) is 25.1 Å². The Morgan fingerprint density at radius 1 is 1.47 bits per heavy atom. The van der Waals surface area contributed by atoms with E-state index in [-0.39, 0.29) is 17.5 Å². The molecular formula is C10H15N5O2S2. The Hall–Kier alpha value is -1.06. The van der Waals surface area contributed by atoms with Crippen LogP contribution in [0.2, 0.25) is 0 Å². The van der Waals surface area contributed by atoms with Crippen LogP contribution in [0.1, 0.15) is 24.2 Å². The number of aromatic nitrogens is 4. The van der Waals surface area contributed by atoms with Crippen LogP contribution in [0.5, 0.6) is 0 Å². The van der Waals surface area contributed by atoms with E-state index in [1.807, 2.05) is 6.92 Å². The van der Waals surface area contributed by atoms with Gasteiger partial charge in [-0.15, -0.1) is 10.2 Å². The van der Waals surface area contributed by atoms with Gasteiger partial charge in [0.15, 0.2) is 15.7 Å². The highest BCUT2D eigenvalue weighted by atomic mass is 32.2. The summed E-state index contributed by atoms with van der Waals surface area (Å²) in [5.74, 6) is 1.37. The Morgan fingerprint density at radius 2 is 2.32 bits per heavy atom. The Balaban J connectivity index is 1.67. The highest BCUT2D eigenvalue weighted by Crippen LogP contribution is 2.16. The molecule has 2 aromatic heterocycles. The first-order valence-corrected chi connectivity index (χ1v) is 8.85. The molecule has 1 saturated heterocycles. The predicted molar refractivity (Wildman–Crippen MR) is 71.9 cm³/mol. The van der Waals surface area contributed by atoms with Gasteiger partial charge in [-0.3, -0.25) is 0 Å². The molecule has 2 aromatic rings. The molecule has 3 heterocycles. The molecule has 1 atom stereocenters. The molecule has 1 aliphatic heterocycles. The Labute approximate surface area is 115 Å². The molecule has 0 bridgehead atoms.